The topological polar surface area (TPSA) is 114 Å². The molecule has 3 saturated heterocycles. The van der Waals surface area contributed by atoms with E-state index in [0.717, 1.165) is 12.1 Å². The highest BCUT2D eigenvalue weighted by atomic mass is 32.2. The molecule has 0 bridgehead atoms. The lowest BCUT2D eigenvalue weighted by molar-refractivity contribution is -0.142. The highest BCUT2D eigenvalue weighted by Crippen LogP contribution is 2.31. The molecule has 0 radical (unpaired) electrons. The van der Waals surface area contributed by atoms with Crippen LogP contribution in [0.25, 0.3) is 0 Å². The van der Waals surface area contributed by atoms with Gasteiger partial charge >= 0.3 is 6.18 Å². The maximum absolute atomic E-state index is 13.4. The molecule has 0 aromatic heterocycles. The summed E-state index contributed by atoms with van der Waals surface area (Å²) in [5.41, 5.74) is 0.162. The third kappa shape index (κ3) is 5.76. The first-order valence-corrected chi connectivity index (χ1v) is 13.7. The summed E-state index contributed by atoms with van der Waals surface area (Å²) in [6, 6.07) is 4.66. The van der Waals surface area contributed by atoms with Crippen LogP contribution in [0.15, 0.2) is 18.2 Å². The maximum atomic E-state index is 13.4. The predicted octanol–water partition coefficient (Wildman–Crippen LogP) is 2.03. The third-order valence-corrected chi connectivity index (χ3v) is 9.32. The molecule has 3 aliphatic heterocycles. The summed E-state index contributed by atoms with van der Waals surface area (Å²) >= 11 is 0. The van der Waals surface area contributed by atoms with E-state index >= 15 is 0 Å². The fraction of sp³-hybridized carbons (Fsp3) is 0.625. The van der Waals surface area contributed by atoms with E-state index in [4.69, 9.17) is 5.26 Å². The quantitative estimate of drug-likeness (QED) is 0.592. The zero-order chi connectivity index (χ0) is 27.0. The van der Waals surface area contributed by atoms with Gasteiger partial charge in [0.05, 0.1) is 23.5 Å². The van der Waals surface area contributed by atoms with Gasteiger partial charge in [-0.25, -0.2) is 0 Å². The van der Waals surface area contributed by atoms with Crippen molar-refractivity contribution in [1.82, 2.24) is 18.8 Å². The summed E-state index contributed by atoms with van der Waals surface area (Å²) in [7, 11) is -3.76. The first-order valence-electron chi connectivity index (χ1n) is 12.3. The number of carbonyl (C=O) groups is 2. The Morgan fingerprint density at radius 2 is 1.81 bits per heavy atom. The Morgan fingerprint density at radius 1 is 1.11 bits per heavy atom. The van der Waals surface area contributed by atoms with E-state index in [1.807, 2.05) is 6.07 Å². The second-order valence-corrected chi connectivity index (χ2v) is 11.8. The van der Waals surface area contributed by atoms with Crippen molar-refractivity contribution in [3.63, 3.8) is 0 Å². The largest absolute Gasteiger partial charge is 0.416 e. The SMILES string of the molecule is Cc1ccc(C(F)(F)F)cc1CNC(=O)[C@H]1CCCN1C(=O)[C@H]1CCCN(S(=O)(=O)N2CC(C#N)C2)C1. The van der Waals surface area contributed by atoms with Crippen LogP contribution in [-0.2, 0) is 32.5 Å². The van der Waals surface area contributed by atoms with E-state index in [1.165, 1.54) is 19.6 Å². The van der Waals surface area contributed by atoms with E-state index in [-0.39, 0.29) is 38.0 Å². The Morgan fingerprint density at radius 3 is 2.49 bits per heavy atom. The lowest BCUT2D eigenvalue weighted by atomic mass is 9.97. The summed E-state index contributed by atoms with van der Waals surface area (Å²) < 4.78 is 67.6. The van der Waals surface area contributed by atoms with E-state index in [0.29, 0.717) is 49.9 Å². The number of halogens is 3. The molecule has 1 aromatic rings. The molecule has 4 rings (SSSR count). The van der Waals surface area contributed by atoms with Crippen LogP contribution in [0.4, 0.5) is 13.2 Å². The first kappa shape index (κ1) is 27.3. The summed E-state index contributed by atoms with van der Waals surface area (Å²) in [6.07, 6.45) is -2.46. The van der Waals surface area contributed by atoms with Gasteiger partial charge in [0.25, 0.3) is 10.2 Å². The molecule has 2 atom stereocenters. The second-order valence-electron chi connectivity index (χ2n) is 9.89. The molecule has 0 aliphatic carbocycles. The molecule has 37 heavy (non-hydrogen) atoms. The average molecular weight is 542 g/mol. The van der Waals surface area contributed by atoms with Crippen LogP contribution in [0.3, 0.4) is 0 Å². The van der Waals surface area contributed by atoms with Gasteiger partial charge in [-0.15, -0.1) is 0 Å². The van der Waals surface area contributed by atoms with E-state index in [1.54, 1.807) is 6.92 Å². The minimum atomic E-state index is -4.49. The average Bonchev–Trinajstić information content (AvgIpc) is 3.31. The van der Waals surface area contributed by atoms with Gasteiger partial charge < -0.3 is 10.2 Å². The van der Waals surface area contributed by atoms with Gasteiger partial charge in [-0.2, -0.15) is 35.5 Å². The molecule has 1 N–H and O–H groups in total. The molecule has 9 nitrogen and oxygen atoms in total. The van der Waals surface area contributed by atoms with Gasteiger partial charge in [-0.1, -0.05) is 6.07 Å². The number of nitrogens with one attached hydrogen (secondary N) is 1. The smallest absolute Gasteiger partial charge is 0.350 e. The zero-order valence-electron chi connectivity index (χ0n) is 20.5. The van der Waals surface area contributed by atoms with Crippen molar-refractivity contribution in [3.8, 4) is 6.07 Å². The standard InChI is InChI=1S/C24H30F3N5O4S/c1-16-6-7-20(24(25,26)27)10-19(16)12-29-22(33)21-5-3-9-32(21)23(34)18-4-2-8-30(15-18)37(35,36)31-13-17(11-28)14-31/h6-7,10,17-18,21H,2-5,8-9,12-15H2,1H3,(H,29,33)/t18-,21+/m0/s1. The number of piperidine rings is 1. The lowest BCUT2D eigenvalue weighted by Gasteiger charge is -2.41. The van der Waals surface area contributed by atoms with Gasteiger partial charge in [0, 0.05) is 39.3 Å². The van der Waals surface area contributed by atoms with Crippen molar-refractivity contribution in [2.45, 2.75) is 51.4 Å². The number of likely N-dealkylation sites (tertiary alicyclic amines) is 1. The predicted molar refractivity (Wildman–Crippen MR) is 127 cm³/mol. The van der Waals surface area contributed by atoms with Crippen molar-refractivity contribution in [3.05, 3.63) is 34.9 Å². The summed E-state index contributed by atoms with van der Waals surface area (Å²) in [5.74, 6) is -1.63. The number of nitriles is 1. The monoisotopic (exact) mass is 541 g/mol. The van der Waals surface area contributed by atoms with E-state index < -0.39 is 39.8 Å². The summed E-state index contributed by atoms with van der Waals surface area (Å²) in [5, 5.41) is 11.6. The van der Waals surface area contributed by atoms with E-state index in [9.17, 15) is 31.2 Å². The van der Waals surface area contributed by atoms with Crippen molar-refractivity contribution in [2.24, 2.45) is 11.8 Å². The van der Waals surface area contributed by atoms with Crippen LogP contribution in [0.5, 0.6) is 0 Å². The van der Waals surface area contributed by atoms with Gasteiger partial charge in [0.1, 0.15) is 6.04 Å². The number of hydrogen-bond acceptors (Lipinski definition) is 5. The Hall–Kier alpha value is -2.69. The minimum Gasteiger partial charge on any atom is -0.350 e. The highest BCUT2D eigenvalue weighted by Gasteiger charge is 2.44. The van der Waals surface area contributed by atoms with Crippen LogP contribution in [0.2, 0.25) is 0 Å². The molecule has 0 unspecified atom stereocenters. The van der Waals surface area contributed by atoms with Crippen LogP contribution in [-0.4, -0.2) is 72.5 Å². The Balaban J connectivity index is 1.38. The Bertz CT molecular complexity index is 1190. The zero-order valence-corrected chi connectivity index (χ0v) is 21.3. The van der Waals surface area contributed by atoms with Crippen LogP contribution < -0.4 is 5.32 Å². The normalized spacial score (nSPS) is 23.9. The number of amides is 2. The van der Waals surface area contributed by atoms with Gasteiger partial charge in [-0.05, 0) is 55.9 Å². The number of hydrogen-bond donors (Lipinski definition) is 1. The van der Waals surface area contributed by atoms with Crippen molar-refractivity contribution < 1.29 is 31.2 Å². The third-order valence-electron chi connectivity index (χ3n) is 7.38. The molecule has 3 aliphatic rings. The highest BCUT2D eigenvalue weighted by molar-refractivity contribution is 7.86. The molecule has 1 aromatic carbocycles. The molecule has 0 saturated carbocycles. The molecule has 3 fully saturated rings. The van der Waals surface area contributed by atoms with Gasteiger partial charge in [0.15, 0.2) is 0 Å². The second kappa shape index (κ2) is 10.6. The van der Waals surface area contributed by atoms with Gasteiger partial charge in [-0.3, -0.25) is 9.59 Å². The fourth-order valence-corrected chi connectivity index (χ4v) is 6.89. The first-order chi connectivity index (χ1) is 17.4. The number of rotatable bonds is 6. The maximum Gasteiger partial charge on any atom is 0.416 e. The molecular formula is C24H30F3N5O4S. The Labute approximate surface area is 214 Å². The molecule has 0 spiro atoms. The fourth-order valence-electron chi connectivity index (χ4n) is 5.10. The number of aryl methyl sites for hydroxylation is 1. The molecule has 2 amide bonds. The van der Waals surface area contributed by atoms with Crippen molar-refractivity contribution >= 4 is 22.0 Å². The van der Waals surface area contributed by atoms with E-state index in [2.05, 4.69) is 5.32 Å². The number of nitrogens with zero attached hydrogens (tertiary/aromatic N) is 4. The molecule has 202 valence electrons. The summed E-state index contributed by atoms with van der Waals surface area (Å²) in [4.78, 5) is 27.8. The van der Waals surface area contributed by atoms with Gasteiger partial charge in [0.2, 0.25) is 11.8 Å². The number of benzene rings is 1. The summed E-state index contributed by atoms with van der Waals surface area (Å²) in [6.45, 7) is 2.53. The Kier molecular flexibility index (Phi) is 7.83. The van der Waals surface area contributed by atoms with Crippen LogP contribution >= 0.6 is 0 Å². The number of carbonyl (C=O) groups excluding carboxylic acids is 2. The van der Waals surface area contributed by atoms with Crippen LogP contribution in [0.1, 0.15) is 42.4 Å². The van der Waals surface area contributed by atoms with Crippen molar-refractivity contribution in [1.29, 1.82) is 5.26 Å². The molecule has 3 heterocycles. The van der Waals surface area contributed by atoms with Crippen molar-refractivity contribution in [2.75, 3.05) is 32.7 Å². The lowest BCUT2D eigenvalue weighted by Crippen LogP contribution is -2.57. The molecule has 13 heteroatoms. The number of alkyl halides is 3. The van der Waals surface area contributed by atoms with Crippen LogP contribution in [0, 0.1) is 30.1 Å². The molecular weight excluding hydrogens is 511 g/mol. The minimum absolute atomic E-state index is 0.0170.